The van der Waals surface area contributed by atoms with E-state index >= 15 is 0 Å². The van der Waals surface area contributed by atoms with E-state index in [9.17, 15) is 9.59 Å². The molecule has 1 aliphatic rings. The van der Waals surface area contributed by atoms with Crippen molar-refractivity contribution in [1.29, 1.82) is 0 Å². The second kappa shape index (κ2) is 9.18. The number of methoxy groups -OCH3 is 2. The van der Waals surface area contributed by atoms with Crippen molar-refractivity contribution in [2.45, 2.75) is 25.4 Å². The van der Waals surface area contributed by atoms with Crippen molar-refractivity contribution in [3.05, 3.63) is 58.0 Å². The second-order valence-electron chi connectivity index (χ2n) is 7.90. The normalized spacial score (nSPS) is 13.1. The highest BCUT2D eigenvalue weighted by molar-refractivity contribution is 7.13. The van der Waals surface area contributed by atoms with Gasteiger partial charge in [0, 0.05) is 18.2 Å². The van der Waals surface area contributed by atoms with Gasteiger partial charge in [0.05, 0.1) is 31.3 Å². The van der Waals surface area contributed by atoms with Gasteiger partial charge in [-0.2, -0.15) is 5.10 Å². The van der Waals surface area contributed by atoms with Crippen molar-refractivity contribution < 1.29 is 14.3 Å². The van der Waals surface area contributed by atoms with Crippen LogP contribution in [0.3, 0.4) is 0 Å². The molecule has 1 aliphatic carbocycles. The minimum Gasteiger partial charge on any atom is -0.497 e. The number of benzene rings is 1. The molecule has 1 saturated carbocycles. The Morgan fingerprint density at radius 2 is 2.09 bits per heavy atom. The molecule has 0 bridgehead atoms. The molecule has 0 spiro atoms. The lowest BCUT2D eigenvalue weighted by Gasteiger charge is -2.08. The minimum atomic E-state index is -0.325. The summed E-state index contributed by atoms with van der Waals surface area (Å²) in [5, 5.41) is 16.4. The van der Waals surface area contributed by atoms with Gasteiger partial charge in [0.15, 0.2) is 5.82 Å². The highest BCUT2D eigenvalue weighted by Gasteiger charge is 2.30. The Morgan fingerprint density at radius 1 is 1.24 bits per heavy atom. The third kappa shape index (κ3) is 4.21. The average Bonchev–Trinajstić information content (AvgIpc) is 3.25. The first kappa shape index (κ1) is 22.0. The van der Waals surface area contributed by atoms with Gasteiger partial charge in [-0.15, -0.1) is 16.4 Å². The van der Waals surface area contributed by atoms with E-state index in [0.29, 0.717) is 34.3 Å². The van der Waals surface area contributed by atoms with Crippen molar-refractivity contribution in [2.24, 2.45) is 0 Å². The summed E-state index contributed by atoms with van der Waals surface area (Å²) >= 11 is 1.56. The summed E-state index contributed by atoms with van der Waals surface area (Å²) in [6, 6.07) is 11.1. The van der Waals surface area contributed by atoms with Crippen LogP contribution in [0, 0.1) is 0 Å². The fraction of sp³-hybridized carbons (Fsp3) is 0.304. The summed E-state index contributed by atoms with van der Waals surface area (Å²) in [7, 11) is 3.15. The maximum atomic E-state index is 12.9. The molecule has 3 heterocycles. The van der Waals surface area contributed by atoms with Crippen molar-refractivity contribution in [3.8, 4) is 33.5 Å². The molecule has 1 fully saturated rings. The van der Waals surface area contributed by atoms with Crippen LogP contribution in [0.1, 0.15) is 29.4 Å². The quantitative estimate of drug-likeness (QED) is 0.381. The summed E-state index contributed by atoms with van der Waals surface area (Å²) < 4.78 is 13.9. The van der Waals surface area contributed by atoms with Crippen LogP contribution < -0.4 is 20.5 Å². The van der Waals surface area contributed by atoms with Crippen LogP contribution in [0.5, 0.6) is 11.5 Å². The third-order valence-electron chi connectivity index (χ3n) is 5.64. The molecule has 1 amide bonds. The molecule has 0 atom stereocenters. The van der Waals surface area contributed by atoms with E-state index < -0.39 is 0 Å². The first-order chi connectivity index (χ1) is 16.6. The van der Waals surface area contributed by atoms with Gasteiger partial charge in [0.25, 0.3) is 5.91 Å². The number of carbonyl (C=O) groups is 1. The van der Waals surface area contributed by atoms with Crippen LogP contribution in [0.25, 0.3) is 22.0 Å². The number of H-pyrrole nitrogens is 1. The van der Waals surface area contributed by atoms with E-state index in [-0.39, 0.29) is 30.7 Å². The van der Waals surface area contributed by atoms with Crippen molar-refractivity contribution in [3.63, 3.8) is 0 Å². The summed E-state index contributed by atoms with van der Waals surface area (Å²) in [4.78, 5) is 26.5. The second-order valence-corrected chi connectivity index (χ2v) is 8.84. The highest BCUT2D eigenvalue weighted by Crippen LogP contribution is 2.37. The molecule has 176 valence electrons. The Labute approximate surface area is 199 Å². The van der Waals surface area contributed by atoms with Crippen LogP contribution >= 0.6 is 11.3 Å². The molecule has 34 heavy (non-hydrogen) atoms. The minimum absolute atomic E-state index is 0.144. The summed E-state index contributed by atoms with van der Waals surface area (Å²) in [6.45, 7) is 0.522. The SMILES string of the molecule is COc1ccc(OC)c(-c2cc(C(=O)NCCn3nc(-c4cccs4)n(C4CC4)c3=O)[nH]n2)c1. The molecule has 0 saturated heterocycles. The van der Waals surface area contributed by atoms with Crippen molar-refractivity contribution in [2.75, 3.05) is 20.8 Å². The van der Waals surface area contributed by atoms with Gasteiger partial charge >= 0.3 is 5.69 Å². The molecule has 0 aliphatic heterocycles. The lowest BCUT2D eigenvalue weighted by atomic mass is 10.1. The largest absolute Gasteiger partial charge is 0.497 e. The number of nitrogens with one attached hydrogen (secondary N) is 2. The predicted molar refractivity (Wildman–Crippen MR) is 128 cm³/mol. The first-order valence-electron chi connectivity index (χ1n) is 10.9. The van der Waals surface area contributed by atoms with E-state index in [1.807, 2.05) is 17.5 Å². The zero-order chi connectivity index (χ0) is 23.7. The van der Waals surface area contributed by atoms with E-state index in [4.69, 9.17) is 9.47 Å². The van der Waals surface area contributed by atoms with E-state index in [2.05, 4.69) is 20.6 Å². The number of nitrogens with zero attached hydrogens (tertiary/aromatic N) is 4. The average molecular weight is 481 g/mol. The summed E-state index contributed by atoms with van der Waals surface area (Å²) in [5.74, 6) is 1.64. The maximum absolute atomic E-state index is 12.9. The molecule has 0 radical (unpaired) electrons. The van der Waals surface area contributed by atoms with Crippen LogP contribution in [0.4, 0.5) is 0 Å². The summed E-state index contributed by atoms with van der Waals surface area (Å²) in [6.07, 6.45) is 1.97. The van der Waals surface area contributed by atoms with Gasteiger partial charge in [0.1, 0.15) is 17.2 Å². The Morgan fingerprint density at radius 3 is 2.79 bits per heavy atom. The molecule has 10 nitrogen and oxygen atoms in total. The van der Waals surface area contributed by atoms with Crippen LogP contribution in [-0.2, 0) is 6.54 Å². The number of rotatable bonds is 9. The zero-order valence-corrected chi connectivity index (χ0v) is 19.6. The fourth-order valence-corrected chi connectivity index (χ4v) is 4.47. The first-order valence-corrected chi connectivity index (χ1v) is 11.8. The molecule has 11 heteroatoms. The molecule has 1 aromatic carbocycles. The van der Waals surface area contributed by atoms with Crippen LogP contribution in [0.15, 0.2) is 46.6 Å². The standard InChI is InChI=1S/C23H24N6O4S/c1-32-15-7-8-19(33-2)16(12-15)17-13-18(26-25-17)22(30)24-9-10-28-23(31)29(14-5-6-14)21(27-28)20-4-3-11-34-20/h3-4,7-8,11-14H,5-6,9-10H2,1-2H3,(H,24,30)(H,25,26). The molecule has 2 N–H and O–H groups in total. The number of aromatic nitrogens is 5. The number of thiophene rings is 1. The number of ether oxygens (including phenoxy) is 2. The Kier molecular flexibility index (Phi) is 5.93. The maximum Gasteiger partial charge on any atom is 0.346 e. The molecule has 0 unspecified atom stereocenters. The zero-order valence-electron chi connectivity index (χ0n) is 18.8. The number of amides is 1. The van der Waals surface area contributed by atoms with Gasteiger partial charge in [-0.1, -0.05) is 6.07 Å². The lowest BCUT2D eigenvalue weighted by molar-refractivity contribution is 0.0946. The number of hydrogen-bond acceptors (Lipinski definition) is 7. The van der Waals surface area contributed by atoms with Gasteiger partial charge < -0.3 is 14.8 Å². The van der Waals surface area contributed by atoms with Crippen LogP contribution in [0.2, 0.25) is 0 Å². The van der Waals surface area contributed by atoms with Crippen LogP contribution in [-0.4, -0.2) is 51.2 Å². The van der Waals surface area contributed by atoms with E-state index in [1.165, 1.54) is 4.68 Å². The summed E-state index contributed by atoms with van der Waals surface area (Å²) in [5.41, 5.74) is 1.42. The number of hydrogen-bond donors (Lipinski definition) is 2. The Balaban J connectivity index is 1.27. The van der Waals surface area contributed by atoms with E-state index in [1.54, 1.807) is 54.4 Å². The third-order valence-corrected chi connectivity index (χ3v) is 6.50. The number of aromatic amines is 1. The Hall–Kier alpha value is -3.86. The van der Waals surface area contributed by atoms with Crippen molar-refractivity contribution in [1.82, 2.24) is 29.9 Å². The fourth-order valence-electron chi connectivity index (χ4n) is 3.76. The molecular weight excluding hydrogens is 456 g/mol. The monoisotopic (exact) mass is 480 g/mol. The smallest absolute Gasteiger partial charge is 0.346 e. The predicted octanol–water partition coefficient (Wildman–Crippen LogP) is 2.95. The number of carbonyl (C=O) groups excluding carboxylic acids is 1. The molecule has 4 aromatic rings. The molecular formula is C23H24N6O4S. The van der Waals surface area contributed by atoms with Gasteiger partial charge in [-0.3, -0.25) is 14.5 Å². The topological polar surface area (TPSA) is 116 Å². The highest BCUT2D eigenvalue weighted by atomic mass is 32.1. The van der Waals surface area contributed by atoms with Gasteiger partial charge in [0.2, 0.25) is 0 Å². The van der Waals surface area contributed by atoms with Gasteiger partial charge in [-0.05, 0) is 48.6 Å². The molecule has 3 aromatic heterocycles. The lowest BCUT2D eigenvalue weighted by Crippen LogP contribution is -2.32. The molecule has 5 rings (SSSR count). The van der Waals surface area contributed by atoms with E-state index in [0.717, 1.165) is 17.7 Å². The van der Waals surface area contributed by atoms with Crippen molar-refractivity contribution >= 4 is 17.2 Å². The van der Waals surface area contributed by atoms with Gasteiger partial charge in [-0.25, -0.2) is 9.48 Å². The Bertz CT molecular complexity index is 1370.